The van der Waals surface area contributed by atoms with Gasteiger partial charge in [0.25, 0.3) is 11.8 Å². The number of nitrogens with zero attached hydrogens (tertiary/aromatic N) is 1. The molecule has 0 saturated carbocycles. The Bertz CT molecular complexity index is 887. The number of benzene rings is 2. The van der Waals surface area contributed by atoms with E-state index in [4.69, 9.17) is 16.3 Å². The maximum absolute atomic E-state index is 13.0. The van der Waals surface area contributed by atoms with Gasteiger partial charge in [-0.2, -0.15) is 0 Å². The van der Waals surface area contributed by atoms with Gasteiger partial charge < -0.3 is 19.9 Å². The summed E-state index contributed by atoms with van der Waals surface area (Å²) in [7, 11) is 3.38. The fraction of sp³-hybridized carbons (Fsp3) is 0.333. The van der Waals surface area contributed by atoms with Crippen LogP contribution in [0.25, 0.3) is 0 Å². The summed E-state index contributed by atoms with van der Waals surface area (Å²) in [6.07, 6.45) is 0.864. The van der Waals surface area contributed by atoms with Gasteiger partial charge in [-0.05, 0) is 43.2 Å². The number of halogens is 1. The van der Waals surface area contributed by atoms with Crippen LogP contribution in [0.5, 0.6) is 5.75 Å². The highest BCUT2D eigenvalue weighted by Crippen LogP contribution is 2.28. The van der Waals surface area contributed by atoms with E-state index in [2.05, 4.69) is 11.4 Å². The lowest BCUT2D eigenvalue weighted by Crippen LogP contribution is -3.15. The van der Waals surface area contributed by atoms with Crippen molar-refractivity contribution in [3.8, 4) is 5.75 Å². The Balaban J connectivity index is 1.63. The van der Waals surface area contributed by atoms with Crippen LogP contribution in [0.1, 0.15) is 12.5 Å². The molecule has 0 bridgehead atoms. The van der Waals surface area contributed by atoms with E-state index in [9.17, 15) is 9.59 Å². The number of methoxy groups -OCH3 is 1. The van der Waals surface area contributed by atoms with E-state index in [0.717, 1.165) is 17.0 Å². The van der Waals surface area contributed by atoms with Crippen LogP contribution in [0.15, 0.2) is 42.5 Å². The molecule has 2 N–H and O–H groups in total. The van der Waals surface area contributed by atoms with Crippen LogP contribution in [-0.4, -0.2) is 45.1 Å². The van der Waals surface area contributed by atoms with Gasteiger partial charge in [0.2, 0.25) is 0 Å². The van der Waals surface area contributed by atoms with Crippen LogP contribution < -0.4 is 19.9 Å². The minimum Gasteiger partial charge on any atom is -0.495 e. The zero-order chi connectivity index (χ0) is 20.3. The summed E-state index contributed by atoms with van der Waals surface area (Å²) in [6, 6.07) is 12.6. The number of carbonyl (C=O) groups excluding carboxylic acids is 2. The van der Waals surface area contributed by atoms with E-state index in [-0.39, 0.29) is 24.4 Å². The maximum atomic E-state index is 13.0. The molecule has 6 nitrogen and oxygen atoms in total. The first-order chi connectivity index (χ1) is 13.4. The molecule has 0 saturated heterocycles. The van der Waals surface area contributed by atoms with E-state index in [0.29, 0.717) is 23.0 Å². The Morgan fingerprint density at radius 1 is 1.29 bits per heavy atom. The lowest BCUT2D eigenvalue weighted by Gasteiger charge is -2.25. The van der Waals surface area contributed by atoms with Crippen LogP contribution in [0, 0.1) is 0 Å². The van der Waals surface area contributed by atoms with Gasteiger partial charge in [-0.25, -0.2) is 0 Å². The number of fused-ring (bicyclic) bond motifs is 1. The Morgan fingerprint density at radius 3 is 2.79 bits per heavy atom. The van der Waals surface area contributed by atoms with Crippen molar-refractivity contribution >= 4 is 34.8 Å². The third kappa shape index (κ3) is 4.29. The van der Waals surface area contributed by atoms with Gasteiger partial charge in [-0.3, -0.25) is 9.59 Å². The molecule has 148 valence electrons. The molecule has 0 aliphatic carbocycles. The molecule has 3 rings (SSSR count). The van der Waals surface area contributed by atoms with Crippen molar-refractivity contribution in [2.45, 2.75) is 19.4 Å². The lowest BCUT2D eigenvalue weighted by atomic mass is 10.2. The van der Waals surface area contributed by atoms with Crippen LogP contribution >= 0.6 is 11.6 Å². The number of para-hydroxylation sites is 1. The van der Waals surface area contributed by atoms with Gasteiger partial charge in [0.1, 0.15) is 5.75 Å². The topological polar surface area (TPSA) is 63.1 Å². The van der Waals surface area contributed by atoms with Crippen LogP contribution in [0.4, 0.5) is 11.4 Å². The second-order valence-electron chi connectivity index (χ2n) is 7.01. The number of carbonyl (C=O) groups is 2. The molecule has 7 heteroatoms. The Morgan fingerprint density at radius 2 is 2.04 bits per heavy atom. The second-order valence-corrected chi connectivity index (χ2v) is 7.44. The Kier molecular flexibility index (Phi) is 6.21. The highest BCUT2D eigenvalue weighted by Gasteiger charge is 2.32. The van der Waals surface area contributed by atoms with Crippen LogP contribution in [-0.2, 0) is 16.0 Å². The van der Waals surface area contributed by atoms with Crippen molar-refractivity contribution in [3.05, 3.63) is 53.1 Å². The summed E-state index contributed by atoms with van der Waals surface area (Å²) < 4.78 is 5.25. The molecule has 2 aromatic carbocycles. The highest BCUT2D eigenvalue weighted by atomic mass is 35.5. The quantitative estimate of drug-likeness (QED) is 0.774. The van der Waals surface area contributed by atoms with Crippen molar-refractivity contribution in [2.24, 2.45) is 0 Å². The minimum absolute atomic E-state index is 0.0237. The molecule has 1 aliphatic heterocycles. The van der Waals surface area contributed by atoms with Gasteiger partial charge in [0.15, 0.2) is 12.6 Å². The van der Waals surface area contributed by atoms with Crippen molar-refractivity contribution in [1.29, 1.82) is 0 Å². The molecule has 1 aliphatic rings. The molecular formula is C21H25ClN3O3+. The van der Waals surface area contributed by atoms with E-state index in [1.54, 1.807) is 18.2 Å². The van der Waals surface area contributed by atoms with E-state index in [1.165, 1.54) is 12.7 Å². The number of hydrogen-bond donors (Lipinski definition) is 2. The molecule has 0 aromatic heterocycles. The zero-order valence-corrected chi connectivity index (χ0v) is 17.0. The molecule has 2 atom stereocenters. The predicted octanol–water partition coefficient (Wildman–Crippen LogP) is 1.78. The summed E-state index contributed by atoms with van der Waals surface area (Å²) in [6.45, 7) is 2.69. The molecule has 1 heterocycles. The molecule has 0 fully saturated rings. The highest BCUT2D eigenvalue weighted by molar-refractivity contribution is 6.31. The maximum Gasteiger partial charge on any atom is 0.284 e. The number of quaternary nitrogens is 1. The third-order valence-electron chi connectivity index (χ3n) is 5.14. The van der Waals surface area contributed by atoms with Gasteiger partial charge in [0.05, 0.1) is 19.8 Å². The smallest absolute Gasteiger partial charge is 0.284 e. The van der Waals surface area contributed by atoms with Crippen molar-refractivity contribution < 1.29 is 19.2 Å². The first-order valence-corrected chi connectivity index (χ1v) is 9.63. The summed E-state index contributed by atoms with van der Waals surface area (Å²) >= 11 is 6.01. The monoisotopic (exact) mass is 402 g/mol. The summed E-state index contributed by atoms with van der Waals surface area (Å²) in [4.78, 5) is 28.1. The minimum atomic E-state index is -0.349. The van der Waals surface area contributed by atoms with E-state index >= 15 is 0 Å². The van der Waals surface area contributed by atoms with Crippen LogP contribution in [0.2, 0.25) is 5.02 Å². The Labute approximate surface area is 170 Å². The van der Waals surface area contributed by atoms with Gasteiger partial charge in [0, 0.05) is 17.3 Å². The number of hydrogen-bond acceptors (Lipinski definition) is 3. The standard InChI is InChI=1S/C21H24ClN3O3/c1-14(21(27)25-11-10-15-6-4-5-7-18(15)25)24(2)13-20(26)23-17-12-16(22)8-9-19(17)28-3/h4-9,12,14H,10-11,13H2,1-3H3,(H,23,26)/p+1/t14-/m1/s1. The lowest BCUT2D eigenvalue weighted by molar-refractivity contribution is -0.885. The number of ether oxygens (including phenoxy) is 1. The first kappa shape index (κ1) is 20.2. The third-order valence-corrected chi connectivity index (χ3v) is 5.37. The number of rotatable bonds is 6. The first-order valence-electron chi connectivity index (χ1n) is 9.25. The summed E-state index contributed by atoms with van der Waals surface area (Å²) in [5, 5.41) is 3.33. The summed E-state index contributed by atoms with van der Waals surface area (Å²) in [5.74, 6) is 0.350. The van der Waals surface area contributed by atoms with Gasteiger partial charge in [-0.1, -0.05) is 29.8 Å². The second kappa shape index (κ2) is 8.63. The fourth-order valence-corrected chi connectivity index (χ4v) is 3.56. The Hall–Kier alpha value is -2.57. The van der Waals surface area contributed by atoms with Gasteiger partial charge >= 0.3 is 0 Å². The van der Waals surface area contributed by atoms with E-state index in [1.807, 2.05) is 37.1 Å². The average molecular weight is 403 g/mol. The predicted molar refractivity (Wildman–Crippen MR) is 110 cm³/mol. The fourth-order valence-electron chi connectivity index (χ4n) is 3.39. The molecule has 2 aromatic rings. The van der Waals surface area contributed by atoms with Crippen molar-refractivity contribution in [3.63, 3.8) is 0 Å². The van der Waals surface area contributed by atoms with Crippen molar-refractivity contribution in [2.75, 3.05) is 37.5 Å². The number of anilines is 2. The molecule has 0 radical (unpaired) electrons. The average Bonchev–Trinajstić information content (AvgIpc) is 3.11. The van der Waals surface area contributed by atoms with Crippen LogP contribution in [0.3, 0.4) is 0 Å². The largest absolute Gasteiger partial charge is 0.495 e. The number of nitrogens with one attached hydrogen (secondary N) is 2. The molecule has 28 heavy (non-hydrogen) atoms. The molecular weight excluding hydrogens is 378 g/mol. The normalized spacial score (nSPS) is 14.9. The summed E-state index contributed by atoms with van der Waals surface area (Å²) in [5.41, 5.74) is 2.67. The van der Waals surface area contributed by atoms with E-state index < -0.39 is 0 Å². The molecule has 0 spiro atoms. The number of amides is 2. The molecule has 1 unspecified atom stereocenters. The zero-order valence-electron chi connectivity index (χ0n) is 16.3. The van der Waals surface area contributed by atoms with Crippen molar-refractivity contribution in [1.82, 2.24) is 0 Å². The number of likely N-dealkylation sites (N-methyl/N-ethyl adjacent to an activating group) is 1. The SMILES string of the molecule is COc1ccc(Cl)cc1NC(=O)C[NH+](C)[C@H](C)C(=O)N1CCc2ccccc21. The van der Waals surface area contributed by atoms with Gasteiger partial charge in [-0.15, -0.1) is 0 Å². The molecule has 2 amide bonds.